The van der Waals surface area contributed by atoms with Crippen molar-refractivity contribution >= 4 is 12.0 Å². The summed E-state index contributed by atoms with van der Waals surface area (Å²) < 4.78 is 0. The van der Waals surface area contributed by atoms with Crippen LogP contribution in [0.2, 0.25) is 0 Å². The highest BCUT2D eigenvalue weighted by Gasteiger charge is 2.38. The average molecular weight is 284 g/mol. The molecular weight excluding hydrogens is 256 g/mol. The summed E-state index contributed by atoms with van der Waals surface area (Å²) in [6.07, 6.45) is 0.986. The Morgan fingerprint density at radius 3 is 2.10 bits per heavy atom. The molecule has 5 heteroatoms. The van der Waals surface area contributed by atoms with Gasteiger partial charge in [-0.2, -0.15) is 0 Å². The number of carboxylic acids is 1. The molecule has 1 rings (SSSR count). The monoisotopic (exact) mass is 284 g/mol. The van der Waals surface area contributed by atoms with Crippen LogP contribution in [0.4, 0.5) is 4.79 Å². The van der Waals surface area contributed by atoms with Gasteiger partial charge in [-0.25, -0.2) is 4.79 Å². The largest absolute Gasteiger partial charge is 0.480 e. The summed E-state index contributed by atoms with van der Waals surface area (Å²) in [5.41, 5.74) is -0.316. The Kier molecular flexibility index (Phi) is 4.72. The number of carbonyl (C=O) groups excluding carboxylic acids is 1. The highest BCUT2D eigenvalue weighted by molar-refractivity contribution is 5.81. The summed E-state index contributed by atoms with van der Waals surface area (Å²) in [5, 5.41) is 9.01. The van der Waals surface area contributed by atoms with Gasteiger partial charge in [0.2, 0.25) is 0 Å². The summed E-state index contributed by atoms with van der Waals surface area (Å²) in [4.78, 5) is 26.8. The summed E-state index contributed by atoms with van der Waals surface area (Å²) >= 11 is 0. The smallest absolute Gasteiger partial charge is 0.323 e. The van der Waals surface area contributed by atoms with E-state index in [9.17, 15) is 9.59 Å². The maximum Gasteiger partial charge on any atom is 0.323 e. The lowest BCUT2D eigenvalue weighted by molar-refractivity contribution is -0.138. The first kappa shape index (κ1) is 16.8. The first-order valence-electron chi connectivity index (χ1n) is 7.21. The molecule has 1 aliphatic rings. The number of hydrogen-bond acceptors (Lipinski definition) is 2. The fourth-order valence-corrected chi connectivity index (χ4v) is 2.54. The summed E-state index contributed by atoms with van der Waals surface area (Å²) in [5.74, 6) is -0.502. The van der Waals surface area contributed by atoms with Crippen LogP contribution in [0.25, 0.3) is 0 Å². The standard InChI is InChI=1S/C15H28N2O3/c1-14(2,3)11-7-8-16(9-11)13(20)17(10-12(18)19)15(4,5)6/h11H,7-10H2,1-6H3,(H,18,19). The van der Waals surface area contributed by atoms with Crippen LogP contribution < -0.4 is 0 Å². The molecule has 0 aromatic heterocycles. The lowest BCUT2D eigenvalue weighted by Crippen LogP contribution is -2.53. The lowest BCUT2D eigenvalue weighted by Gasteiger charge is -2.37. The van der Waals surface area contributed by atoms with Crippen molar-refractivity contribution in [2.75, 3.05) is 19.6 Å². The van der Waals surface area contributed by atoms with E-state index in [1.54, 1.807) is 4.90 Å². The van der Waals surface area contributed by atoms with Crippen molar-refractivity contribution in [3.8, 4) is 0 Å². The molecule has 20 heavy (non-hydrogen) atoms. The zero-order valence-corrected chi connectivity index (χ0v) is 13.6. The van der Waals surface area contributed by atoms with E-state index >= 15 is 0 Å². The molecule has 1 aliphatic heterocycles. The van der Waals surface area contributed by atoms with Gasteiger partial charge in [-0.1, -0.05) is 20.8 Å². The molecule has 0 aromatic carbocycles. The normalized spacial score (nSPS) is 20.1. The van der Waals surface area contributed by atoms with Gasteiger partial charge in [0.15, 0.2) is 0 Å². The topological polar surface area (TPSA) is 60.9 Å². The van der Waals surface area contributed by atoms with Gasteiger partial charge in [0.1, 0.15) is 6.54 Å². The molecule has 0 bridgehead atoms. The molecule has 1 atom stereocenters. The maximum absolute atomic E-state index is 12.6. The minimum atomic E-state index is -0.972. The van der Waals surface area contributed by atoms with E-state index in [-0.39, 0.29) is 18.0 Å². The summed E-state index contributed by atoms with van der Waals surface area (Å²) in [7, 11) is 0. The fraction of sp³-hybridized carbons (Fsp3) is 0.867. The molecule has 2 amide bonds. The van der Waals surface area contributed by atoms with Gasteiger partial charge >= 0.3 is 12.0 Å². The molecule has 0 radical (unpaired) electrons. The Hall–Kier alpha value is -1.26. The molecule has 0 aliphatic carbocycles. The first-order valence-corrected chi connectivity index (χ1v) is 7.21. The van der Waals surface area contributed by atoms with Crippen LogP contribution in [0.15, 0.2) is 0 Å². The molecule has 0 spiro atoms. The van der Waals surface area contributed by atoms with Gasteiger partial charge in [0, 0.05) is 18.6 Å². The lowest BCUT2D eigenvalue weighted by atomic mass is 9.80. The van der Waals surface area contributed by atoms with Crippen molar-refractivity contribution in [2.24, 2.45) is 11.3 Å². The zero-order valence-electron chi connectivity index (χ0n) is 13.6. The Bertz CT molecular complexity index is 380. The molecule has 5 nitrogen and oxygen atoms in total. The Morgan fingerprint density at radius 1 is 1.20 bits per heavy atom. The number of hydrogen-bond donors (Lipinski definition) is 1. The van der Waals surface area contributed by atoms with Crippen LogP contribution in [0.3, 0.4) is 0 Å². The van der Waals surface area contributed by atoms with Crippen molar-refractivity contribution in [2.45, 2.75) is 53.5 Å². The van der Waals surface area contributed by atoms with Gasteiger partial charge < -0.3 is 14.9 Å². The second-order valence-electron chi connectivity index (χ2n) is 7.73. The van der Waals surface area contributed by atoms with Crippen LogP contribution in [0.1, 0.15) is 48.0 Å². The molecule has 0 saturated carbocycles. The Balaban J connectivity index is 2.80. The van der Waals surface area contributed by atoms with Crippen molar-refractivity contribution < 1.29 is 14.7 Å². The van der Waals surface area contributed by atoms with Gasteiger partial charge in [-0.15, -0.1) is 0 Å². The van der Waals surface area contributed by atoms with E-state index in [1.807, 2.05) is 20.8 Å². The molecule has 116 valence electrons. The molecular formula is C15H28N2O3. The van der Waals surface area contributed by atoms with E-state index in [2.05, 4.69) is 20.8 Å². The van der Waals surface area contributed by atoms with Gasteiger partial charge in [0.05, 0.1) is 0 Å². The van der Waals surface area contributed by atoms with Crippen molar-refractivity contribution in [1.82, 2.24) is 9.80 Å². The van der Waals surface area contributed by atoms with E-state index in [0.717, 1.165) is 6.42 Å². The van der Waals surface area contributed by atoms with Crippen LogP contribution >= 0.6 is 0 Å². The number of nitrogens with zero attached hydrogens (tertiary/aromatic N) is 2. The van der Waals surface area contributed by atoms with Crippen LogP contribution in [0.5, 0.6) is 0 Å². The van der Waals surface area contributed by atoms with E-state index in [0.29, 0.717) is 19.0 Å². The number of carboxylic acid groups (broad SMARTS) is 1. The molecule has 1 saturated heterocycles. The second-order valence-corrected chi connectivity index (χ2v) is 7.73. The summed E-state index contributed by atoms with van der Waals surface area (Å²) in [6.45, 7) is 13.3. The number of carbonyl (C=O) groups is 2. The quantitative estimate of drug-likeness (QED) is 0.848. The zero-order chi connectivity index (χ0) is 15.7. The number of likely N-dealkylation sites (tertiary alicyclic amines) is 1. The van der Waals surface area contributed by atoms with Crippen LogP contribution in [-0.2, 0) is 4.79 Å². The van der Waals surface area contributed by atoms with Gasteiger partial charge in [-0.3, -0.25) is 4.79 Å². The highest BCUT2D eigenvalue weighted by Crippen LogP contribution is 2.34. The third-order valence-electron chi connectivity index (χ3n) is 4.02. The first-order chi connectivity index (χ1) is 8.93. The predicted molar refractivity (Wildman–Crippen MR) is 78.6 cm³/mol. The van der Waals surface area contributed by atoms with E-state index in [4.69, 9.17) is 5.11 Å². The van der Waals surface area contributed by atoms with Gasteiger partial charge in [0.25, 0.3) is 0 Å². The van der Waals surface area contributed by atoms with Crippen molar-refractivity contribution in [1.29, 1.82) is 0 Å². The van der Waals surface area contributed by atoms with E-state index < -0.39 is 11.5 Å². The third kappa shape index (κ3) is 4.12. The predicted octanol–water partition coefficient (Wildman–Crippen LogP) is 2.66. The molecule has 0 aromatic rings. The molecule has 1 heterocycles. The highest BCUT2D eigenvalue weighted by atomic mass is 16.4. The number of rotatable bonds is 2. The maximum atomic E-state index is 12.6. The molecule has 1 fully saturated rings. The van der Waals surface area contributed by atoms with Crippen molar-refractivity contribution in [3.05, 3.63) is 0 Å². The minimum absolute atomic E-state index is 0.161. The van der Waals surface area contributed by atoms with Crippen LogP contribution in [0, 0.1) is 11.3 Å². The number of amides is 2. The van der Waals surface area contributed by atoms with Crippen molar-refractivity contribution in [3.63, 3.8) is 0 Å². The molecule has 1 unspecified atom stereocenters. The fourth-order valence-electron chi connectivity index (χ4n) is 2.54. The van der Waals surface area contributed by atoms with E-state index in [1.165, 1.54) is 4.90 Å². The summed E-state index contributed by atoms with van der Waals surface area (Å²) in [6, 6.07) is -0.161. The number of urea groups is 1. The molecule has 1 N–H and O–H groups in total. The SMILES string of the molecule is CC(C)(C)C1CCN(C(=O)N(CC(=O)O)C(C)(C)C)C1. The third-order valence-corrected chi connectivity index (χ3v) is 4.02. The van der Waals surface area contributed by atoms with Gasteiger partial charge in [-0.05, 0) is 38.5 Å². The minimum Gasteiger partial charge on any atom is -0.480 e. The Morgan fingerprint density at radius 2 is 1.75 bits per heavy atom. The number of aliphatic carboxylic acids is 1. The van der Waals surface area contributed by atoms with Crippen LogP contribution in [-0.4, -0.2) is 52.1 Å². The Labute approximate surface area is 121 Å². The average Bonchev–Trinajstić information content (AvgIpc) is 2.71. The second kappa shape index (κ2) is 5.62.